The fourth-order valence-electron chi connectivity index (χ4n) is 5.48. The molecule has 2 rings (SSSR count). The second kappa shape index (κ2) is 15.3. The monoisotopic (exact) mass is 655 g/mol. The van der Waals surface area contributed by atoms with Gasteiger partial charge < -0.3 is 21.3 Å². The van der Waals surface area contributed by atoms with Gasteiger partial charge in [0.25, 0.3) is 15.9 Å². The van der Waals surface area contributed by atoms with Crippen molar-refractivity contribution in [3.63, 3.8) is 0 Å². The molecule has 2 aromatic rings. The topological polar surface area (TPSA) is 151 Å². The maximum absolute atomic E-state index is 14.1. The molecule has 5 N–H and O–H groups in total. The van der Waals surface area contributed by atoms with Crippen molar-refractivity contribution in [1.82, 2.24) is 20.3 Å². The van der Waals surface area contributed by atoms with E-state index < -0.39 is 44.9 Å². The lowest BCUT2D eigenvalue weighted by molar-refractivity contribution is -0.140. The minimum atomic E-state index is -4.17. The number of hydrogen-bond acceptors (Lipinski definition) is 7. The van der Waals surface area contributed by atoms with Gasteiger partial charge in [-0.3, -0.25) is 14.4 Å². The predicted octanol–water partition coefficient (Wildman–Crippen LogP) is 4.16. The molecule has 11 heteroatoms. The molecule has 0 aliphatic rings. The Hall–Kier alpha value is -3.70. The highest BCUT2D eigenvalue weighted by atomic mass is 32.2. The molecule has 3 amide bonds. The van der Waals surface area contributed by atoms with Crippen LogP contribution in [-0.2, 0) is 36.2 Å². The van der Waals surface area contributed by atoms with Crippen molar-refractivity contribution in [2.45, 2.75) is 97.2 Å². The largest absolute Gasteiger partial charge is 0.399 e. The first-order chi connectivity index (χ1) is 21.2. The summed E-state index contributed by atoms with van der Waals surface area (Å²) in [4.78, 5) is 42.5. The molecule has 0 heterocycles. The maximum Gasteiger partial charge on any atom is 0.264 e. The molecule has 0 aliphatic heterocycles. The molecule has 0 bridgehead atoms. The van der Waals surface area contributed by atoms with Crippen molar-refractivity contribution in [3.8, 4) is 0 Å². The minimum Gasteiger partial charge on any atom is -0.399 e. The molecule has 0 aromatic heterocycles. The number of amides is 3. The Kier molecular flexibility index (Phi) is 12.8. The molecular formula is C35H53N5O5S. The third kappa shape index (κ3) is 9.19. The van der Waals surface area contributed by atoms with Gasteiger partial charge in [-0.2, -0.15) is 0 Å². The molecule has 254 valence electrons. The lowest BCUT2D eigenvalue weighted by atomic mass is 9.76. The number of hydrogen-bond donors (Lipinski definition) is 4. The number of likely N-dealkylation sites (N-methyl/N-ethyl adjacent to an activating group) is 2. The normalized spacial score (nSPS) is 14.7. The average molecular weight is 656 g/mol. The van der Waals surface area contributed by atoms with Gasteiger partial charge in [-0.05, 0) is 61.1 Å². The second-order valence-corrected chi connectivity index (χ2v) is 15.5. The number of carbonyl (C=O) groups excluding carboxylic acids is 3. The summed E-state index contributed by atoms with van der Waals surface area (Å²) in [5.74, 6) is -1.60. The van der Waals surface area contributed by atoms with E-state index >= 15 is 0 Å². The van der Waals surface area contributed by atoms with Crippen LogP contribution in [0.1, 0.15) is 73.4 Å². The van der Waals surface area contributed by atoms with Crippen LogP contribution in [0.2, 0.25) is 0 Å². The van der Waals surface area contributed by atoms with Crippen molar-refractivity contribution in [1.29, 1.82) is 0 Å². The van der Waals surface area contributed by atoms with Gasteiger partial charge in [-0.1, -0.05) is 91.8 Å². The number of rotatable bonds is 13. The number of sulfonamides is 1. The van der Waals surface area contributed by atoms with Gasteiger partial charge in [-0.25, -0.2) is 13.1 Å². The van der Waals surface area contributed by atoms with E-state index in [2.05, 4.69) is 15.4 Å². The molecule has 0 saturated heterocycles. The average Bonchev–Trinajstić information content (AvgIpc) is 2.97. The van der Waals surface area contributed by atoms with Crippen LogP contribution in [0.4, 0.5) is 5.69 Å². The zero-order valence-electron chi connectivity index (χ0n) is 29.2. The van der Waals surface area contributed by atoms with Crippen molar-refractivity contribution < 1.29 is 22.8 Å². The maximum atomic E-state index is 14.1. The van der Waals surface area contributed by atoms with E-state index in [0.717, 1.165) is 5.56 Å². The number of nitrogens with two attached hydrogens (primary N) is 1. The summed E-state index contributed by atoms with van der Waals surface area (Å²) >= 11 is 0. The zero-order chi connectivity index (χ0) is 35.2. The van der Waals surface area contributed by atoms with Crippen molar-refractivity contribution in [2.24, 2.45) is 11.3 Å². The molecule has 0 saturated carbocycles. The van der Waals surface area contributed by atoms with Gasteiger partial charge in [0.05, 0.1) is 17.0 Å². The first-order valence-electron chi connectivity index (χ1n) is 15.6. The third-order valence-electron chi connectivity index (χ3n) is 8.48. The highest BCUT2D eigenvalue weighted by Crippen LogP contribution is 2.29. The molecule has 2 aromatic carbocycles. The summed E-state index contributed by atoms with van der Waals surface area (Å²) in [5.41, 5.74) is 6.92. The van der Waals surface area contributed by atoms with Crippen LogP contribution in [0.5, 0.6) is 0 Å². The van der Waals surface area contributed by atoms with E-state index in [1.165, 1.54) is 30.0 Å². The van der Waals surface area contributed by atoms with E-state index in [4.69, 9.17) is 5.73 Å². The van der Waals surface area contributed by atoms with E-state index in [9.17, 15) is 22.8 Å². The van der Waals surface area contributed by atoms with Crippen LogP contribution < -0.4 is 21.1 Å². The van der Waals surface area contributed by atoms with Crippen LogP contribution >= 0.6 is 0 Å². The molecule has 0 aliphatic carbocycles. The summed E-state index contributed by atoms with van der Waals surface area (Å²) in [6.07, 6.45) is 2.12. The highest BCUT2D eigenvalue weighted by Gasteiger charge is 2.41. The summed E-state index contributed by atoms with van der Waals surface area (Å²) in [5, 5.41) is 6.15. The number of anilines is 1. The Morgan fingerprint density at radius 3 is 2.07 bits per heavy atom. The van der Waals surface area contributed by atoms with Crippen molar-refractivity contribution in [3.05, 3.63) is 71.3 Å². The number of nitrogens with one attached hydrogen (secondary N) is 3. The van der Waals surface area contributed by atoms with Crippen LogP contribution in [0, 0.1) is 11.3 Å². The summed E-state index contributed by atoms with van der Waals surface area (Å²) in [7, 11) is -0.819. The fourth-order valence-corrected chi connectivity index (χ4v) is 6.55. The first-order valence-corrected chi connectivity index (χ1v) is 17.1. The lowest BCUT2D eigenvalue weighted by Crippen LogP contribution is -2.61. The van der Waals surface area contributed by atoms with E-state index in [0.29, 0.717) is 17.7 Å². The fraction of sp³-hybridized carbons (Fsp3) is 0.514. The van der Waals surface area contributed by atoms with E-state index in [1.54, 1.807) is 20.2 Å². The number of carbonyl (C=O) groups is 3. The molecule has 0 spiro atoms. The quantitative estimate of drug-likeness (QED) is 0.187. The van der Waals surface area contributed by atoms with E-state index in [-0.39, 0.29) is 28.2 Å². The lowest BCUT2D eigenvalue weighted by Gasteiger charge is -2.40. The molecule has 10 nitrogen and oxygen atoms in total. The minimum absolute atomic E-state index is 0.0634. The number of nitrogens with zero attached hydrogens (tertiary/aromatic N) is 1. The summed E-state index contributed by atoms with van der Waals surface area (Å²) in [6, 6.07) is 11.9. The van der Waals surface area contributed by atoms with Gasteiger partial charge in [0.15, 0.2) is 0 Å². The highest BCUT2D eigenvalue weighted by molar-refractivity contribution is 7.90. The number of nitrogen functional groups attached to an aromatic ring is 1. The molecule has 0 radical (unpaired) electrons. The smallest absolute Gasteiger partial charge is 0.264 e. The molecule has 0 fully saturated rings. The molecular weight excluding hydrogens is 602 g/mol. The van der Waals surface area contributed by atoms with Crippen molar-refractivity contribution in [2.75, 3.05) is 19.8 Å². The summed E-state index contributed by atoms with van der Waals surface area (Å²) in [6.45, 7) is 16.8. The SMILES string of the molecule is CCc1cc(S(=O)(=O)NC(=O)/C(C)=C/[C@H](C(C)C)N(C)C(=O)C(NC(=O)[C@@H](NC)C(C)(C)c2ccccc2)C(C)(C)C)ccc1N. The van der Waals surface area contributed by atoms with Crippen LogP contribution in [-0.4, -0.2) is 63.3 Å². The van der Waals surface area contributed by atoms with Gasteiger partial charge in [0.1, 0.15) is 6.04 Å². The van der Waals surface area contributed by atoms with Gasteiger partial charge in [0, 0.05) is 23.7 Å². The van der Waals surface area contributed by atoms with Gasteiger partial charge >= 0.3 is 0 Å². The molecule has 1 unspecified atom stereocenters. The Labute approximate surface area is 275 Å². The van der Waals surface area contributed by atoms with E-state index in [1.807, 2.05) is 85.7 Å². The van der Waals surface area contributed by atoms with Gasteiger partial charge in [0.2, 0.25) is 11.8 Å². The second-order valence-electron chi connectivity index (χ2n) is 13.8. The van der Waals surface area contributed by atoms with Crippen molar-refractivity contribution >= 4 is 33.4 Å². The summed E-state index contributed by atoms with van der Waals surface area (Å²) < 4.78 is 28.2. The Balaban J connectivity index is 2.34. The predicted molar refractivity (Wildman–Crippen MR) is 184 cm³/mol. The third-order valence-corrected chi connectivity index (χ3v) is 9.81. The molecule has 46 heavy (non-hydrogen) atoms. The number of benzene rings is 2. The number of aryl methyl sites for hydroxylation is 1. The van der Waals surface area contributed by atoms with Crippen LogP contribution in [0.3, 0.4) is 0 Å². The zero-order valence-corrected chi connectivity index (χ0v) is 30.0. The van der Waals surface area contributed by atoms with Crippen LogP contribution in [0.25, 0.3) is 0 Å². The Bertz CT molecular complexity index is 1530. The molecule has 3 atom stereocenters. The Morgan fingerprint density at radius 2 is 1.57 bits per heavy atom. The van der Waals surface area contributed by atoms with Crippen LogP contribution in [0.15, 0.2) is 65.1 Å². The van der Waals surface area contributed by atoms with Gasteiger partial charge in [-0.15, -0.1) is 0 Å². The standard InChI is InChI=1S/C35H53N5O5S/c1-12-24-21-26(18-19-27(24)36)46(44,45)39-31(41)23(4)20-28(22(2)3)40(11)33(43)30(34(5,6)7)38-32(42)29(37-10)35(8,9)25-16-14-13-15-17-25/h13-22,28-30,37H,12,36H2,1-11H3,(H,38,42)(H,39,41)/b23-20+/t28-,29-,30?/m1/s1. The first kappa shape index (κ1) is 38.5. The Morgan fingerprint density at radius 1 is 0.978 bits per heavy atom.